The van der Waals surface area contributed by atoms with Crippen molar-refractivity contribution < 1.29 is 9.53 Å². The van der Waals surface area contributed by atoms with Crippen LogP contribution in [-0.2, 0) is 4.79 Å². The van der Waals surface area contributed by atoms with E-state index in [2.05, 4.69) is 34.7 Å². The number of carbonyl (C=O) groups excluding carboxylic acids is 1. The summed E-state index contributed by atoms with van der Waals surface area (Å²) < 4.78 is 6.97. The summed E-state index contributed by atoms with van der Waals surface area (Å²) in [7, 11) is 1.61. The molecule has 26 heavy (non-hydrogen) atoms. The third-order valence-electron chi connectivity index (χ3n) is 5.14. The van der Waals surface area contributed by atoms with Crippen molar-refractivity contribution in [1.82, 2.24) is 25.5 Å². The lowest BCUT2D eigenvalue weighted by atomic mass is 9.78. The van der Waals surface area contributed by atoms with Gasteiger partial charge in [-0.15, -0.1) is 5.10 Å². The molecule has 0 bridgehead atoms. The third kappa shape index (κ3) is 4.17. The van der Waals surface area contributed by atoms with Crippen LogP contribution in [0.3, 0.4) is 0 Å². The highest BCUT2D eigenvalue weighted by Gasteiger charge is 2.28. The fourth-order valence-corrected chi connectivity index (χ4v) is 4.08. The number of carbonyl (C=O) groups is 1. The first-order valence-electron chi connectivity index (χ1n) is 8.94. The van der Waals surface area contributed by atoms with Crippen molar-refractivity contribution >= 4 is 17.7 Å². The standard InChI is InChI=1S/C18H25N5O2S/c1-12-7-6-8-14(13(12)2)19-17(24)11-26-18-20-21-22-23(18)15-9-4-5-10-16(15)25-3/h4-5,9-10,12-14H,6-8,11H2,1-3H3,(H,19,24)/t12-,13-,14+/m0/s1. The molecule has 0 spiro atoms. The largest absolute Gasteiger partial charge is 0.494 e. The zero-order valence-corrected chi connectivity index (χ0v) is 16.2. The summed E-state index contributed by atoms with van der Waals surface area (Å²) in [5.74, 6) is 2.15. The van der Waals surface area contributed by atoms with E-state index in [0.29, 0.717) is 22.7 Å². The van der Waals surface area contributed by atoms with Gasteiger partial charge in [-0.3, -0.25) is 4.79 Å². The molecular formula is C18H25N5O2S. The molecule has 7 nitrogen and oxygen atoms in total. The van der Waals surface area contributed by atoms with Crippen LogP contribution >= 0.6 is 11.8 Å². The first-order chi connectivity index (χ1) is 12.6. The maximum Gasteiger partial charge on any atom is 0.230 e. The minimum absolute atomic E-state index is 0.0236. The van der Waals surface area contributed by atoms with E-state index < -0.39 is 0 Å². The zero-order valence-electron chi connectivity index (χ0n) is 15.4. The van der Waals surface area contributed by atoms with Crippen molar-refractivity contribution in [2.45, 2.75) is 44.3 Å². The Labute approximate surface area is 157 Å². The summed E-state index contributed by atoms with van der Waals surface area (Å²) in [5, 5.41) is 15.6. The summed E-state index contributed by atoms with van der Waals surface area (Å²) in [6, 6.07) is 7.77. The number of tetrazole rings is 1. The Bertz CT molecular complexity index is 751. The number of hydrogen-bond donors (Lipinski definition) is 1. The van der Waals surface area contributed by atoms with E-state index in [0.717, 1.165) is 12.1 Å². The van der Waals surface area contributed by atoms with E-state index in [-0.39, 0.29) is 17.7 Å². The van der Waals surface area contributed by atoms with Gasteiger partial charge in [-0.25, -0.2) is 0 Å². The quantitative estimate of drug-likeness (QED) is 0.782. The summed E-state index contributed by atoms with van der Waals surface area (Å²) in [5.41, 5.74) is 0.748. The molecule has 2 aromatic rings. The number of para-hydroxylation sites is 2. The molecule has 1 N–H and O–H groups in total. The van der Waals surface area contributed by atoms with Crippen molar-refractivity contribution in [3.8, 4) is 11.4 Å². The Morgan fingerprint density at radius 3 is 2.96 bits per heavy atom. The van der Waals surface area contributed by atoms with Gasteiger partial charge in [0.1, 0.15) is 11.4 Å². The van der Waals surface area contributed by atoms with Crippen LogP contribution in [0.25, 0.3) is 5.69 Å². The minimum atomic E-state index is 0.0236. The minimum Gasteiger partial charge on any atom is -0.494 e. The number of benzene rings is 1. The smallest absolute Gasteiger partial charge is 0.230 e. The normalized spacial score (nSPS) is 22.8. The molecule has 0 unspecified atom stereocenters. The van der Waals surface area contributed by atoms with Gasteiger partial charge in [-0.05, 0) is 40.8 Å². The lowest BCUT2D eigenvalue weighted by Gasteiger charge is -2.34. The molecule has 1 amide bonds. The molecule has 0 radical (unpaired) electrons. The topological polar surface area (TPSA) is 81.9 Å². The fourth-order valence-electron chi connectivity index (χ4n) is 3.39. The van der Waals surface area contributed by atoms with Crippen LogP contribution in [-0.4, -0.2) is 45.0 Å². The number of thioether (sulfide) groups is 1. The van der Waals surface area contributed by atoms with E-state index in [1.54, 1.807) is 11.8 Å². The number of nitrogens with one attached hydrogen (secondary N) is 1. The number of hydrogen-bond acceptors (Lipinski definition) is 6. The van der Waals surface area contributed by atoms with Gasteiger partial charge in [0.05, 0.1) is 12.9 Å². The van der Waals surface area contributed by atoms with Crippen LogP contribution in [0.15, 0.2) is 29.4 Å². The average molecular weight is 375 g/mol. The zero-order chi connectivity index (χ0) is 18.5. The summed E-state index contributed by atoms with van der Waals surface area (Å²) in [4.78, 5) is 12.4. The van der Waals surface area contributed by atoms with Gasteiger partial charge in [-0.1, -0.05) is 50.6 Å². The number of ether oxygens (including phenoxy) is 1. The number of amides is 1. The fraction of sp³-hybridized carbons (Fsp3) is 0.556. The van der Waals surface area contributed by atoms with Crippen LogP contribution in [0, 0.1) is 11.8 Å². The van der Waals surface area contributed by atoms with E-state index in [1.165, 1.54) is 24.6 Å². The maximum absolute atomic E-state index is 12.4. The first kappa shape index (κ1) is 18.7. The van der Waals surface area contributed by atoms with Crippen molar-refractivity contribution in [2.24, 2.45) is 11.8 Å². The highest BCUT2D eigenvalue weighted by Crippen LogP contribution is 2.30. The van der Waals surface area contributed by atoms with Crippen molar-refractivity contribution in [3.05, 3.63) is 24.3 Å². The van der Waals surface area contributed by atoms with Crippen molar-refractivity contribution in [3.63, 3.8) is 0 Å². The Kier molecular flexibility index (Phi) is 6.13. The highest BCUT2D eigenvalue weighted by molar-refractivity contribution is 7.99. The Hall–Kier alpha value is -2.09. The Morgan fingerprint density at radius 2 is 2.15 bits per heavy atom. The predicted octanol–water partition coefficient (Wildman–Crippen LogP) is 2.70. The van der Waals surface area contributed by atoms with Gasteiger partial charge in [0.2, 0.25) is 11.1 Å². The molecule has 1 aliphatic rings. The number of rotatable bonds is 6. The molecule has 1 aliphatic carbocycles. The predicted molar refractivity (Wildman–Crippen MR) is 101 cm³/mol. The molecule has 0 aliphatic heterocycles. The maximum atomic E-state index is 12.4. The van der Waals surface area contributed by atoms with E-state index in [9.17, 15) is 4.79 Å². The average Bonchev–Trinajstić information content (AvgIpc) is 3.12. The number of methoxy groups -OCH3 is 1. The lowest BCUT2D eigenvalue weighted by Crippen LogP contribution is -2.44. The highest BCUT2D eigenvalue weighted by atomic mass is 32.2. The van der Waals surface area contributed by atoms with E-state index in [1.807, 2.05) is 24.3 Å². The second-order valence-electron chi connectivity index (χ2n) is 6.78. The van der Waals surface area contributed by atoms with Gasteiger partial charge in [0.25, 0.3) is 0 Å². The molecule has 1 saturated carbocycles. The van der Waals surface area contributed by atoms with Crippen molar-refractivity contribution in [2.75, 3.05) is 12.9 Å². The summed E-state index contributed by atoms with van der Waals surface area (Å²) in [6.45, 7) is 4.49. The molecule has 140 valence electrons. The Morgan fingerprint density at radius 1 is 1.35 bits per heavy atom. The van der Waals surface area contributed by atoms with E-state index >= 15 is 0 Å². The molecule has 0 saturated heterocycles. The molecule has 8 heteroatoms. The second kappa shape index (κ2) is 8.53. The molecule has 1 fully saturated rings. The van der Waals surface area contributed by atoms with Crippen LogP contribution < -0.4 is 10.1 Å². The summed E-state index contributed by atoms with van der Waals surface area (Å²) in [6.07, 6.45) is 3.48. The number of aromatic nitrogens is 4. The molecule has 3 rings (SSSR count). The molecule has 1 aromatic heterocycles. The van der Waals surface area contributed by atoms with Crippen LogP contribution in [0.2, 0.25) is 0 Å². The van der Waals surface area contributed by atoms with Gasteiger partial charge in [-0.2, -0.15) is 4.68 Å². The monoisotopic (exact) mass is 375 g/mol. The van der Waals surface area contributed by atoms with Gasteiger partial charge >= 0.3 is 0 Å². The SMILES string of the molecule is COc1ccccc1-n1nnnc1SCC(=O)N[C@@H]1CCC[C@H](C)[C@@H]1C. The Balaban J connectivity index is 1.62. The van der Waals surface area contributed by atoms with Gasteiger partial charge < -0.3 is 10.1 Å². The van der Waals surface area contributed by atoms with Crippen molar-refractivity contribution in [1.29, 1.82) is 0 Å². The molecule has 1 heterocycles. The summed E-state index contributed by atoms with van der Waals surface area (Å²) >= 11 is 1.33. The molecule has 3 atom stereocenters. The van der Waals surface area contributed by atoms with Gasteiger partial charge in [0.15, 0.2) is 0 Å². The number of nitrogens with zero attached hydrogens (tertiary/aromatic N) is 4. The van der Waals surface area contributed by atoms with Crippen LogP contribution in [0.1, 0.15) is 33.1 Å². The van der Waals surface area contributed by atoms with Crippen LogP contribution in [0.5, 0.6) is 5.75 Å². The first-order valence-corrected chi connectivity index (χ1v) is 9.92. The molecular weight excluding hydrogens is 350 g/mol. The lowest BCUT2D eigenvalue weighted by molar-refractivity contribution is -0.120. The van der Waals surface area contributed by atoms with Gasteiger partial charge in [0, 0.05) is 6.04 Å². The van der Waals surface area contributed by atoms with Crippen LogP contribution in [0.4, 0.5) is 0 Å². The second-order valence-corrected chi connectivity index (χ2v) is 7.72. The molecule has 1 aromatic carbocycles. The van der Waals surface area contributed by atoms with E-state index in [4.69, 9.17) is 4.74 Å². The third-order valence-corrected chi connectivity index (χ3v) is 6.06.